The number of hydrogen-bond acceptors (Lipinski definition) is 4. The lowest BCUT2D eigenvalue weighted by atomic mass is 10.1. The highest BCUT2D eigenvalue weighted by molar-refractivity contribution is 7.28. The Kier molecular flexibility index (Phi) is 6.49. The SMILES string of the molecule is C#Cc1ccc(-c2ccc(-c3ccc(-c4ccc(CCCCCC)s4)s3)s2)s1. The summed E-state index contributed by atoms with van der Waals surface area (Å²) >= 11 is 7.39. The van der Waals surface area contributed by atoms with Gasteiger partial charge in [-0.05, 0) is 61.4 Å². The van der Waals surface area contributed by atoms with Crippen LogP contribution in [0.1, 0.15) is 42.4 Å². The Morgan fingerprint density at radius 1 is 0.643 bits per heavy atom. The van der Waals surface area contributed by atoms with Crippen molar-refractivity contribution in [3.63, 3.8) is 0 Å². The van der Waals surface area contributed by atoms with Crippen LogP contribution >= 0.6 is 45.3 Å². The van der Waals surface area contributed by atoms with Crippen LogP contribution in [0.5, 0.6) is 0 Å². The van der Waals surface area contributed by atoms with Gasteiger partial charge in [-0.15, -0.1) is 51.8 Å². The first-order valence-corrected chi connectivity index (χ1v) is 12.9. The van der Waals surface area contributed by atoms with E-state index < -0.39 is 0 Å². The second-order valence-electron chi connectivity index (χ2n) is 6.71. The van der Waals surface area contributed by atoms with Crippen molar-refractivity contribution in [1.82, 2.24) is 0 Å². The third-order valence-corrected chi connectivity index (χ3v) is 9.55. The van der Waals surface area contributed by atoms with E-state index in [0.717, 1.165) is 4.88 Å². The number of unbranched alkanes of at least 4 members (excludes halogenated alkanes) is 3. The Hall–Kier alpha value is -1.64. The molecule has 0 bridgehead atoms. The number of terminal acetylenes is 1. The number of thiophene rings is 4. The van der Waals surface area contributed by atoms with Crippen molar-refractivity contribution >= 4 is 45.3 Å². The van der Waals surface area contributed by atoms with Crippen molar-refractivity contribution < 1.29 is 0 Å². The van der Waals surface area contributed by atoms with Gasteiger partial charge >= 0.3 is 0 Å². The van der Waals surface area contributed by atoms with Crippen molar-refractivity contribution in [3.8, 4) is 41.6 Å². The van der Waals surface area contributed by atoms with Gasteiger partial charge in [-0.25, -0.2) is 0 Å². The summed E-state index contributed by atoms with van der Waals surface area (Å²) in [5.74, 6) is 2.72. The zero-order valence-electron chi connectivity index (χ0n) is 15.9. The van der Waals surface area contributed by atoms with E-state index in [-0.39, 0.29) is 0 Å². The standard InChI is InChI=1S/C24H22S4/c1-3-5-6-7-8-18-10-12-20(26-18)22-14-16-24(28-22)23-15-13-21(27-23)19-11-9-17(4-2)25-19/h2,9-16H,3,5-8H2,1H3. The minimum atomic E-state index is 0.992. The first-order valence-electron chi connectivity index (χ1n) is 9.63. The van der Waals surface area contributed by atoms with Gasteiger partial charge in [0.1, 0.15) is 0 Å². The highest BCUT2D eigenvalue weighted by Gasteiger charge is 2.11. The van der Waals surface area contributed by atoms with Gasteiger partial charge in [0.25, 0.3) is 0 Å². The normalized spacial score (nSPS) is 11.0. The molecule has 0 amide bonds. The Balaban J connectivity index is 1.46. The number of aryl methyl sites for hydroxylation is 1. The molecule has 28 heavy (non-hydrogen) atoms. The zero-order chi connectivity index (χ0) is 19.3. The van der Waals surface area contributed by atoms with Crippen molar-refractivity contribution in [1.29, 1.82) is 0 Å². The van der Waals surface area contributed by atoms with Crippen LogP contribution in [0.15, 0.2) is 48.5 Å². The lowest BCUT2D eigenvalue weighted by Gasteiger charge is -1.96. The molecule has 0 saturated carbocycles. The number of rotatable bonds is 8. The van der Waals surface area contributed by atoms with E-state index in [1.54, 1.807) is 11.3 Å². The highest BCUT2D eigenvalue weighted by Crippen LogP contribution is 2.42. The second kappa shape index (κ2) is 9.24. The lowest BCUT2D eigenvalue weighted by molar-refractivity contribution is 0.670. The van der Waals surface area contributed by atoms with Crippen LogP contribution in [0.2, 0.25) is 0 Å². The minimum Gasteiger partial charge on any atom is -0.139 e. The van der Waals surface area contributed by atoms with Crippen LogP contribution in [0.4, 0.5) is 0 Å². The summed E-state index contributed by atoms with van der Waals surface area (Å²) in [5, 5.41) is 0. The summed E-state index contributed by atoms with van der Waals surface area (Å²) in [6, 6.07) is 17.7. The van der Waals surface area contributed by atoms with E-state index in [9.17, 15) is 0 Å². The Labute approximate surface area is 183 Å². The van der Waals surface area contributed by atoms with Crippen LogP contribution in [0, 0.1) is 12.3 Å². The first-order chi connectivity index (χ1) is 13.8. The van der Waals surface area contributed by atoms with Crippen molar-refractivity contribution in [2.75, 3.05) is 0 Å². The van der Waals surface area contributed by atoms with Crippen molar-refractivity contribution in [2.24, 2.45) is 0 Å². The Morgan fingerprint density at radius 3 is 1.75 bits per heavy atom. The molecule has 0 aliphatic rings. The van der Waals surface area contributed by atoms with Gasteiger partial charge in [-0.3, -0.25) is 0 Å². The summed E-state index contributed by atoms with van der Waals surface area (Å²) in [6.07, 6.45) is 12.0. The third-order valence-electron chi connectivity index (χ3n) is 4.63. The van der Waals surface area contributed by atoms with Crippen LogP contribution in [-0.4, -0.2) is 0 Å². The maximum Gasteiger partial charge on any atom is 0.0772 e. The summed E-state index contributed by atoms with van der Waals surface area (Å²) < 4.78 is 0. The number of hydrogen-bond donors (Lipinski definition) is 0. The Bertz CT molecular complexity index is 1080. The van der Waals surface area contributed by atoms with Crippen molar-refractivity contribution in [3.05, 3.63) is 58.3 Å². The minimum absolute atomic E-state index is 0.992. The Morgan fingerprint density at radius 2 is 1.18 bits per heavy atom. The van der Waals surface area contributed by atoms with Crippen LogP contribution in [0.25, 0.3) is 29.3 Å². The van der Waals surface area contributed by atoms with Gasteiger partial charge in [0.2, 0.25) is 0 Å². The molecule has 0 saturated heterocycles. The molecule has 0 unspecified atom stereocenters. The zero-order valence-corrected chi connectivity index (χ0v) is 19.1. The average molecular weight is 439 g/mol. The molecular formula is C24H22S4. The van der Waals surface area contributed by atoms with Crippen LogP contribution < -0.4 is 0 Å². The quantitative estimate of drug-likeness (QED) is 0.190. The molecule has 0 nitrogen and oxygen atoms in total. The molecule has 0 fully saturated rings. The molecule has 4 rings (SSSR count). The lowest BCUT2D eigenvalue weighted by Crippen LogP contribution is -1.80. The van der Waals surface area contributed by atoms with Gasteiger partial charge in [0.05, 0.1) is 4.88 Å². The largest absolute Gasteiger partial charge is 0.139 e. The van der Waals surface area contributed by atoms with Gasteiger partial charge in [0.15, 0.2) is 0 Å². The molecule has 0 radical (unpaired) electrons. The smallest absolute Gasteiger partial charge is 0.0772 e. The topological polar surface area (TPSA) is 0 Å². The van der Waals surface area contributed by atoms with Gasteiger partial charge in [-0.2, -0.15) is 0 Å². The molecule has 0 aromatic carbocycles. The first kappa shape index (κ1) is 19.7. The van der Waals surface area contributed by atoms with Gasteiger partial charge in [0, 0.05) is 34.1 Å². The molecule has 4 aromatic rings. The second-order valence-corrected chi connectivity index (χ2v) is 11.1. The summed E-state index contributed by atoms with van der Waals surface area (Å²) in [4.78, 5) is 10.5. The summed E-state index contributed by atoms with van der Waals surface area (Å²) in [7, 11) is 0. The van der Waals surface area contributed by atoms with E-state index in [1.165, 1.54) is 66.2 Å². The van der Waals surface area contributed by atoms with E-state index in [0.29, 0.717) is 0 Å². The van der Waals surface area contributed by atoms with Crippen LogP contribution in [-0.2, 0) is 6.42 Å². The fraction of sp³-hybridized carbons (Fsp3) is 0.250. The molecule has 4 heteroatoms. The monoisotopic (exact) mass is 438 g/mol. The molecule has 0 atom stereocenters. The summed E-state index contributed by atoms with van der Waals surface area (Å²) in [5.41, 5.74) is 0. The third kappa shape index (κ3) is 4.50. The predicted octanol–water partition coefficient (Wildman–Crippen LogP) is 9.04. The molecule has 0 N–H and O–H groups in total. The van der Waals surface area contributed by atoms with E-state index in [4.69, 9.17) is 6.42 Å². The van der Waals surface area contributed by atoms with Gasteiger partial charge in [-0.1, -0.05) is 32.1 Å². The molecular weight excluding hydrogens is 417 g/mol. The molecule has 0 spiro atoms. The van der Waals surface area contributed by atoms with E-state index >= 15 is 0 Å². The molecule has 4 aromatic heterocycles. The van der Waals surface area contributed by atoms with E-state index in [1.807, 2.05) is 40.1 Å². The molecule has 4 heterocycles. The predicted molar refractivity (Wildman–Crippen MR) is 130 cm³/mol. The van der Waals surface area contributed by atoms with Crippen molar-refractivity contribution in [2.45, 2.75) is 39.0 Å². The fourth-order valence-corrected chi connectivity index (χ4v) is 7.27. The van der Waals surface area contributed by atoms with Crippen LogP contribution in [0.3, 0.4) is 0 Å². The van der Waals surface area contributed by atoms with Gasteiger partial charge < -0.3 is 0 Å². The molecule has 142 valence electrons. The highest BCUT2D eigenvalue weighted by atomic mass is 32.1. The fourth-order valence-electron chi connectivity index (χ4n) is 3.12. The maximum atomic E-state index is 5.50. The maximum absolute atomic E-state index is 5.50. The molecule has 0 aliphatic heterocycles. The summed E-state index contributed by atoms with van der Waals surface area (Å²) in [6.45, 7) is 2.27. The molecule has 0 aliphatic carbocycles. The average Bonchev–Trinajstić information content (AvgIpc) is 3.49. The van der Waals surface area contributed by atoms with E-state index in [2.05, 4.69) is 55.3 Å².